The molecule has 0 aromatic heterocycles. The molecule has 2 aromatic carbocycles. The normalized spacial score (nSPS) is 13.8. The van der Waals surface area contributed by atoms with Crippen LogP contribution >= 0.6 is 0 Å². The number of aromatic hydroxyl groups is 1. The standard InChI is InChI=1S/C16H12N2O4/c1-22-14-8-10(6-7-13(14)19)9-17-18-15(20)11-4-2-3-5-12(11)16(18)21/h2-9,19H,1H3/b17-9+. The number of rotatable bonds is 3. The number of hydrogen-bond donors (Lipinski definition) is 1. The largest absolute Gasteiger partial charge is 0.504 e. The van der Waals surface area contributed by atoms with E-state index in [0.29, 0.717) is 16.7 Å². The first-order chi connectivity index (χ1) is 10.6. The molecule has 0 fully saturated rings. The van der Waals surface area contributed by atoms with Gasteiger partial charge in [0.05, 0.1) is 24.5 Å². The summed E-state index contributed by atoms with van der Waals surface area (Å²) in [5.74, 6) is -0.628. The number of phenolic OH excluding ortho intramolecular Hbond substituents is 1. The molecule has 0 saturated heterocycles. The third-order valence-corrected chi connectivity index (χ3v) is 3.30. The maximum absolute atomic E-state index is 12.1. The van der Waals surface area contributed by atoms with Gasteiger partial charge in [-0.3, -0.25) is 9.59 Å². The van der Waals surface area contributed by atoms with E-state index < -0.39 is 11.8 Å². The van der Waals surface area contributed by atoms with Gasteiger partial charge in [0.1, 0.15) is 0 Å². The van der Waals surface area contributed by atoms with Gasteiger partial charge in [-0.2, -0.15) is 10.1 Å². The highest BCUT2D eigenvalue weighted by Crippen LogP contribution is 2.26. The topological polar surface area (TPSA) is 79.2 Å². The second kappa shape index (κ2) is 5.33. The molecule has 22 heavy (non-hydrogen) atoms. The zero-order chi connectivity index (χ0) is 15.7. The first-order valence-electron chi connectivity index (χ1n) is 6.50. The average molecular weight is 296 g/mol. The van der Waals surface area contributed by atoms with Gasteiger partial charge < -0.3 is 9.84 Å². The molecule has 0 saturated carbocycles. The molecule has 0 radical (unpaired) electrons. The Labute approximate surface area is 126 Å². The molecular weight excluding hydrogens is 284 g/mol. The van der Waals surface area contributed by atoms with Crippen LogP contribution in [0.25, 0.3) is 0 Å². The number of fused-ring (bicyclic) bond motifs is 1. The maximum atomic E-state index is 12.1. The highest BCUT2D eigenvalue weighted by atomic mass is 16.5. The van der Waals surface area contributed by atoms with Crippen LogP contribution < -0.4 is 4.74 Å². The fourth-order valence-electron chi connectivity index (χ4n) is 2.18. The Morgan fingerprint density at radius 3 is 2.32 bits per heavy atom. The van der Waals surface area contributed by atoms with E-state index in [1.54, 1.807) is 36.4 Å². The molecule has 1 aliphatic rings. The number of methoxy groups -OCH3 is 1. The Balaban J connectivity index is 1.88. The van der Waals surface area contributed by atoms with Crippen LogP contribution in [0.3, 0.4) is 0 Å². The number of benzene rings is 2. The number of phenols is 1. The van der Waals surface area contributed by atoms with Crippen molar-refractivity contribution >= 4 is 18.0 Å². The van der Waals surface area contributed by atoms with Crippen molar-refractivity contribution in [3.05, 3.63) is 59.2 Å². The number of hydrogen-bond acceptors (Lipinski definition) is 5. The lowest BCUT2D eigenvalue weighted by Crippen LogP contribution is -2.23. The van der Waals surface area contributed by atoms with Crippen molar-refractivity contribution in [1.29, 1.82) is 0 Å². The van der Waals surface area contributed by atoms with Gasteiger partial charge in [0.25, 0.3) is 11.8 Å². The maximum Gasteiger partial charge on any atom is 0.282 e. The molecule has 1 aliphatic heterocycles. The van der Waals surface area contributed by atoms with Gasteiger partial charge in [-0.1, -0.05) is 12.1 Å². The van der Waals surface area contributed by atoms with E-state index in [9.17, 15) is 14.7 Å². The van der Waals surface area contributed by atoms with Crippen molar-refractivity contribution in [2.45, 2.75) is 0 Å². The van der Waals surface area contributed by atoms with Crippen LogP contribution in [0.5, 0.6) is 11.5 Å². The zero-order valence-corrected chi connectivity index (χ0v) is 11.7. The monoisotopic (exact) mass is 296 g/mol. The lowest BCUT2D eigenvalue weighted by Gasteiger charge is -2.06. The van der Waals surface area contributed by atoms with E-state index in [-0.39, 0.29) is 11.5 Å². The summed E-state index contributed by atoms with van der Waals surface area (Å²) in [6, 6.07) is 11.2. The summed E-state index contributed by atoms with van der Waals surface area (Å²) in [7, 11) is 1.43. The summed E-state index contributed by atoms with van der Waals surface area (Å²) < 4.78 is 4.99. The highest BCUT2D eigenvalue weighted by Gasteiger charge is 2.35. The highest BCUT2D eigenvalue weighted by molar-refractivity contribution is 6.21. The molecule has 2 amide bonds. The number of nitrogens with zero attached hydrogens (tertiary/aromatic N) is 2. The van der Waals surface area contributed by atoms with Gasteiger partial charge in [-0.25, -0.2) is 0 Å². The molecule has 2 aromatic rings. The van der Waals surface area contributed by atoms with Crippen LogP contribution in [0.15, 0.2) is 47.6 Å². The fraction of sp³-hybridized carbons (Fsp3) is 0.0625. The minimum Gasteiger partial charge on any atom is -0.504 e. The number of imide groups is 1. The van der Waals surface area contributed by atoms with Crippen LogP contribution in [-0.2, 0) is 0 Å². The minimum absolute atomic E-state index is 0.000352. The summed E-state index contributed by atoms with van der Waals surface area (Å²) in [5.41, 5.74) is 1.27. The average Bonchev–Trinajstić information content (AvgIpc) is 2.79. The van der Waals surface area contributed by atoms with Gasteiger partial charge in [0.15, 0.2) is 11.5 Å². The lowest BCUT2D eigenvalue weighted by molar-refractivity contribution is 0.0660. The van der Waals surface area contributed by atoms with Crippen LogP contribution in [0.4, 0.5) is 0 Å². The molecule has 1 heterocycles. The van der Waals surface area contributed by atoms with Crippen LogP contribution in [0.2, 0.25) is 0 Å². The summed E-state index contributed by atoms with van der Waals surface area (Å²) in [6.07, 6.45) is 1.36. The molecule has 0 bridgehead atoms. The van der Waals surface area contributed by atoms with Crippen LogP contribution in [0.1, 0.15) is 26.3 Å². The van der Waals surface area contributed by atoms with Crippen molar-refractivity contribution in [2.24, 2.45) is 5.10 Å². The first-order valence-corrected chi connectivity index (χ1v) is 6.50. The van der Waals surface area contributed by atoms with Gasteiger partial charge in [0, 0.05) is 0 Å². The number of carbonyl (C=O) groups excluding carboxylic acids is 2. The first kappa shape index (κ1) is 13.8. The number of carbonyl (C=O) groups is 2. The Kier molecular flexibility index (Phi) is 3.34. The molecule has 110 valence electrons. The van der Waals surface area contributed by atoms with E-state index >= 15 is 0 Å². The van der Waals surface area contributed by atoms with Crippen LogP contribution in [-0.4, -0.2) is 35.3 Å². The van der Waals surface area contributed by atoms with Crippen LogP contribution in [0, 0.1) is 0 Å². The van der Waals surface area contributed by atoms with Crippen molar-refractivity contribution in [3.63, 3.8) is 0 Å². The number of hydrazone groups is 1. The zero-order valence-electron chi connectivity index (χ0n) is 11.7. The minimum atomic E-state index is -0.456. The van der Waals surface area contributed by atoms with Gasteiger partial charge in [-0.05, 0) is 35.9 Å². The Morgan fingerprint density at radius 1 is 1.09 bits per heavy atom. The van der Waals surface area contributed by atoms with Gasteiger partial charge >= 0.3 is 0 Å². The Morgan fingerprint density at radius 2 is 1.73 bits per heavy atom. The van der Waals surface area contributed by atoms with Gasteiger partial charge in [0.2, 0.25) is 0 Å². The SMILES string of the molecule is COc1cc(/C=N/N2C(=O)c3ccccc3C2=O)ccc1O. The fourth-order valence-corrected chi connectivity index (χ4v) is 2.18. The summed E-state index contributed by atoms with van der Waals surface area (Å²) in [6.45, 7) is 0. The second-order valence-electron chi connectivity index (χ2n) is 4.64. The van der Waals surface area contributed by atoms with E-state index in [0.717, 1.165) is 5.01 Å². The molecule has 1 N–H and O–H groups in total. The van der Waals surface area contributed by atoms with Crippen molar-refractivity contribution < 1.29 is 19.4 Å². The predicted octanol–water partition coefficient (Wildman–Crippen LogP) is 2.03. The third-order valence-electron chi connectivity index (χ3n) is 3.30. The Hall–Kier alpha value is -3.15. The molecule has 0 aliphatic carbocycles. The summed E-state index contributed by atoms with van der Waals surface area (Å²) in [4.78, 5) is 24.3. The quantitative estimate of drug-likeness (QED) is 0.694. The smallest absolute Gasteiger partial charge is 0.282 e. The van der Waals surface area contributed by atoms with E-state index in [1.807, 2.05) is 0 Å². The number of ether oxygens (including phenoxy) is 1. The van der Waals surface area contributed by atoms with E-state index in [1.165, 1.54) is 19.4 Å². The molecule has 0 unspecified atom stereocenters. The van der Waals surface area contributed by atoms with E-state index in [2.05, 4.69) is 5.10 Å². The van der Waals surface area contributed by atoms with Crippen molar-refractivity contribution in [1.82, 2.24) is 5.01 Å². The Bertz CT molecular complexity index is 763. The molecule has 3 rings (SSSR count). The second-order valence-corrected chi connectivity index (χ2v) is 4.64. The molecular formula is C16H12N2O4. The summed E-state index contributed by atoms with van der Waals surface area (Å²) in [5, 5.41) is 14.3. The molecule has 0 atom stereocenters. The number of amides is 2. The van der Waals surface area contributed by atoms with Crippen molar-refractivity contribution in [3.8, 4) is 11.5 Å². The summed E-state index contributed by atoms with van der Waals surface area (Å²) >= 11 is 0. The lowest BCUT2D eigenvalue weighted by atomic mass is 10.1. The molecule has 6 nitrogen and oxygen atoms in total. The third kappa shape index (κ3) is 2.20. The van der Waals surface area contributed by atoms with Gasteiger partial charge in [-0.15, -0.1) is 0 Å². The van der Waals surface area contributed by atoms with E-state index in [4.69, 9.17) is 4.74 Å². The van der Waals surface area contributed by atoms with Crippen molar-refractivity contribution in [2.75, 3.05) is 7.11 Å². The molecule has 0 spiro atoms. The predicted molar refractivity (Wildman–Crippen MR) is 79.2 cm³/mol. The molecule has 6 heteroatoms.